The zero-order chi connectivity index (χ0) is 10.1. The molecule has 0 unspecified atom stereocenters. The highest BCUT2D eigenvalue weighted by Gasteiger charge is 2.19. The molecule has 0 spiro atoms. The highest BCUT2D eigenvalue weighted by molar-refractivity contribution is 5.95. The Morgan fingerprint density at radius 2 is 2.21 bits per heavy atom. The number of ether oxygens (including phenoxy) is 1. The number of hydrogen-bond donors (Lipinski definition) is 2. The second-order valence-electron chi connectivity index (χ2n) is 3.26. The summed E-state index contributed by atoms with van der Waals surface area (Å²) in [6.07, 6.45) is 1.18. The van der Waals surface area contributed by atoms with Crippen LogP contribution in [0, 0.1) is 0 Å². The zero-order valence-electron chi connectivity index (χ0n) is 7.96. The van der Waals surface area contributed by atoms with Crippen molar-refractivity contribution in [2.24, 2.45) is 0 Å². The van der Waals surface area contributed by atoms with Crippen LogP contribution in [-0.4, -0.2) is 13.0 Å². The SMILES string of the molecule is COc1c(N)ccc2c1CCC(=O)N2. The van der Waals surface area contributed by atoms with Gasteiger partial charge in [0.2, 0.25) is 5.91 Å². The summed E-state index contributed by atoms with van der Waals surface area (Å²) >= 11 is 0. The Hall–Kier alpha value is -1.71. The Labute approximate surface area is 82.1 Å². The molecule has 1 aromatic rings. The van der Waals surface area contributed by atoms with Crippen LogP contribution in [0.25, 0.3) is 0 Å². The van der Waals surface area contributed by atoms with E-state index < -0.39 is 0 Å². The highest BCUT2D eigenvalue weighted by Crippen LogP contribution is 2.35. The molecule has 74 valence electrons. The number of carbonyl (C=O) groups is 1. The summed E-state index contributed by atoms with van der Waals surface area (Å²) in [6, 6.07) is 3.55. The normalized spacial score (nSPS) is 14.5. The molecule has 1 heterocycles. The Morgan fingerprint density at radius 1 is 1.43 bits per heavy atom. The first kappa shape index (κ1) is 8.87. The third-order valence-corrected chi connectivity index (χ3v) is 2.37. The Morgan fingerprint density at radius 3 is 2.93 bits per heavy atom. The molecule has 3 N–H and O–H groups in total. The van der Waals surface area contributed by atoms with Gasteiger partial charge in [0, 0.05) is 17.7 Å². The van der Waals surface area contributed by atoms with E-state index >= 15 is 0 Å². The quantitative estimate of drug-likeness (QED) is 0.656. The number of amides is 1. The van der Waals surface area contributed by atoms with Crippen molar-refractivity contribution in [1.29, 1.82) is 0 Å². The molecular weight excluding hydrogens is 180 g/mol. The van der Waals surface area contributed by atoms with Crippen LogP contribution in [-0.2, 0) is 11.2 Å². The van der Waals surface area contributed by atoms with Gasteiger partial charge in [-0.05, 0) is 18.6 Å². The molecule has 14 heavy (non-hydrogen) atoms. The minimum absolute atomic E-state index is 0.0457. The Bertz CT molecular complexity index is 388. The lowest BCUT2D eigenvalue weighted by atomic mass is 10.0. The van der Waals surface area contributed by atoms with Gasteiger partial charge in [0.15, 0.2) is 0 Å². The largest absolute Gasteiger partial charge is 0.494 e. The van der Waals surface area contributed by atoms with Gasteiger partial charge in [0.05, 0.1) is 12.8 Å². The fourth-order valence-electron chi connectivity index (χ4n) is 1.70. The van der Waals surface area contributed by atoms with Gasteiger partial charge in [0.25, 0.3) is 0 Å². The van der Waals surface area contributed by atoms with Crippen LogP contribution in [0.2, 0.25) is 0 Å². The van der Waals surface area contributed by atoms with E-state index in [2.05, 4.69) is 5.32 Å². The molecule has 2 rings (SSSR count). The number of carbonyl (C=O) groups excluding carboxylic acids is 1. The van der Waals surface area contributed by atoms with Crippen molar-refractivity contribution >= 4 is 17.3 Å². The number of hydrogen-bond acceptors (Lipinski definition) is 3. The smallest absolute Gasteiger partial charge is 0.224 e. The fourth-order valence-corrected chi connectivity index (χ4v) is 1.70. The number of nitrogen functional groups attached to an aromatic ring is 1. The molecule has 1 amide bonds. The lowest BCUT2D eigenvalue weighted by Crippen LogP contribution is -2.19. The molecule has 0 atom stereocenters. The van der Waals surface area contributed by atoms with Gasteiger partial charge >= 0.3 is 0 Å². The van der Waals surface area contributed by atoms with Crippen molar-refractivity contribution in [1.82, 2.24) is 0 Å². The lowest BCUT2D eigenvalue weighted by molar-refractivity contribution is -0.116. The van der Waals surface area contributed by atoms with E-state index in [0.29, 0.717) is 24.3 Å². The summed E-state index contributed by atoms with van der Waals surface area (Å²) in [6.45, 7) is 0. The van der Waals surface area contributed by atoms with Crippen LogP contribution in [0.4, 0.5) is 11.4 Å². The van der Waals surface area contributed by atoms with Crippen LogP contribution in [0.5, 0.6) is 5.75 Å². The predicted octanol–water partition coefficient (Wildman–Crippen LogP) is 1.16. The molecule has 0 bridgehead atoms. The molecule has 4 heteroatoms. The maximum atomic E-state index is 11.1. The average molecular weight is 192 g/mol. The van der Waals surface area contributed by atoms with Crippen LogP contribution in [0.3, 0.4) is 0 Å². The second kappa shape index (κ2) is 3.21. The van der Waals surface area contributed by atoms with E-state index in [1.165, 1.54) is 0 Å². The third kappa shape index (κ3) is 1.28. The molecule has 0 aliphatic carbocycles. The first-order valence-electron chi connectivity index (χ1n) is 4.47. The summed E-state index contributed by atoms with van der Waals surface area (Å²) in [4.78, 5) is 11.1. The molecular formula is C10H12N2O2. The summed E-state index contributed by atoms with van der Waals surface area (Å²) in [5.74, 6) is 0.729. The third-order valence-electron chi connectivity index (χ3n) is 2.37. The van der Waals surface area contributed by atoms with Gasteiger partial charge in [-0.3, -0.25) is 4.79 Å². The number of nitrogens with two attached hydrogens (primary N) is 1. The molecule has 1 aromatic carbocycles. The maximum absolute atomic E-state index is 11.1. The number of nitrogens with one attached hydrogen (secondary N) is 1. The molecule has 4 nitrogen and oxygen atoms in total. The maximum Gasteiger partial charge on any atom is 0.224 e. The highest BCUT2D eigenvalue weighted by atomic mass is 16.5. The summed E-state index contributed by atoms with van der Waals surface area (Å²) in [7, 11) is 1.59. The van der Waals surface area contributed by atoms with Crippen LogP contribution < -0.4 is 15.8 Å². The van der Waals surface area contributed by atoms with Crippen molar-refractivity contribution < 1.29 is 9.53 Å². The molecule has 1 aliphatic rings. The van der Waals surface area contributed by atoms with Gasteiger partial charge in [-0.15, -0.1) is 0 Å². The van der Waals surface area contributed by atoms with Crippen molar-refractivity contribution in [2.45, 2.75) is 12.8 Å². The number of benzene rings is 1. The number of rotatable bonds is 1. The summed E-state index contributed by atoms with van der Waals surface area (Å²) in [5.41, 5.74) is 8.17. The van der Waals surface area contributed by atoms with Crippen LogP contribution in [0.1, 0.15) is 12.0 Å². The van der Waals surface area contributed by atoms with E-state index in [-0.39, 0.29) is 5.91 Å². The monoisotopic (exact) mass is 192 g/mol. The Kier molecular flexibility index (Phi) is 2.04. The predicted molar refractivity (Wildman–Crippen MR) is 54.4 cm³/mol. The molecule has 0 saturated heterocycles. The lowest BCUT2D eigenvalue weighted by Gasteiger charge is -2.20. The van der Waals surface area contributed by atoms with E-state index in [9.17, 15) is 4.79 Å². The van der Waals surface area contributed by atoms with Crippen molar-refractivity contribution in [2.75, 3.05) is 18.2 Å². The minimum atomic E-state index is 0.0457. The number of methoxy groups -OCH3 is 1. The van der Waals surface area contributed by atoms with Crippen molar-refractivity contribution in [3.63, 3.8) is 0 Å². The van der Waals surface area contributed by atoms with Gasteiger partial charge in [-0.25, -0.2) is 0 Å². The number of anilines is 2. The topological polar surface area (TPSA) is 64.3 Å². The molecule has 1 aliphatic heterocycles. The average Bonchev–Trinajstić information content (AvgIpc) is 2.18. The van der Waals surface area contributed by atoms with Crippen LogP contribution in [0.15, 0.2) is 12.1 Å². The summed E-state index contributed by atoms with van der Waals surface area (Å²) in [5, 5.41) is 2.79. The van der Waals surface area contributed by atoms with E-state index in [1.54, 1.807) is 13.2 Å². The van der Waals surface area contributed by atoms with E-state index in [0.717, 1.165) is 11.3 Å². The first-order chi connectivity index (χ1) is 6.72. The van der Waals surface area contributed by atoms with Crippen molar-refractivity contribution in [3.05, 3.63) is 17.7 Å². The summed E-state index contributed by atoms with van der Waals surface area (Å²) < 4.78 is 5.20. The second-order valence-corrected chi connectivity index (χ2v) is 3.26. The molecule has 0 saturated carbocycles. The van der Waals surface area contributed by atoms with Crippen LogP contribution >= 0.6 is 0 Å². The van der Waals surface area contributed by atoms with Crippen molar-refractivity contribution in [3.8, 4) is 5.75 Å². The minimum Gasteiger partial charge on any atom is -0.494 e. The molecule has 0 radical (unpaired) electrons. The molecule has 0 aromatic heterocycles. The Balaban J connectivity index is 2.52. The first-order valence-corrected chi connectivity index (χ1v) is 4.47. The number of fused-ring (bicyclic) bond motifs is 1. The van der Waals surface area contributed by atoms with Gasteiger partial charge in [-0.1, -0.05) is 0 Å². The van der Waals surface area contributed by atoms with Gasteiger partial charge in [-0.2, -0.15) is 0 Å². The fraction of sp³-hybridized carbons (Fsp3) is 0.300. The van der Waals surface area contributed by atoms with Gasteiger partial charge < -0.3 is 15.8 Å². The molecule has 0 fully saturated rings. The standard InChI is InChI=1S/C10H12N2O2/c1-14-10-6-2-5-9(13)12-8(6)4-3-7(10)11/h3-4H,2,5,11H2,1H3,(H,12,13). The van der Waals surface area contributed by atoms with E-state index in [1.807, 2.05) is 6.07 Å². The van der Waals surface area contributed by atoms with Gasteiger partial charge in [0.1, 0.15) is 5.75 Å². The van der Waals surface area contributed by atoms with E-state index in [4.69, 9.17) is 10.5 Å². The zero-order valence-corrected chi connectivity index (χ0v) is 7.96.